The molecule has 0 spiro atoms. The minimum Gasteiger partial charge on any atom is -0.353 e. The van der Waals surface area contributed by atoms with Gasteiger partial charge in [0.25, 0.3) is 11.5 Å². The number of rotatable bonds is 7. The number of nitrogens with zero attached hydrogens (tertiary/aromatic N) is 4. The summed E-state index contributed by atoms with van der Waals surface area (Å²) >= 11 is 5.48. The summed E-state index contributed by atoms with van der Waals surface area (Å²) in [7, 11) is 0. The maximum Gasteiger partial charge on any atom is 0.262 e. The Hall–Kier alpha value is -3.04. The van der Waals surface area contributed by atoms with Gasteiger partial charge in [0.15, 0.2) is 4.77 Å². The quantitative estimate of drug-likeness (QED) is 0.513. The summed E-state index contributed by atoms with van der Waals surface area (Å²) < 4.78 is 2.02. The van der Waals surface area contributed by atoms with Gasteiger partial charge in [-0.25, -0.2) is 4.98 Å². The Morgan fingerprint density at radius 3 is 2.55 bits per heavy atom. The highest BCUT2D eigenvalue weighted by Crippen LogP contribution is 2.16. The van der Waals surface area contributed by atoms with Gasteiger partial charge in [-0.2, -0.15) is 0 Å². The fraction of sp³-hybridized carbons (Fsp3) is 0.417. The van der Waals surface area contributed by atoms with Crippen LogP contribution in [0.1, 0.15) is 24.2 Å². The first-order valence-corrected chi connectivity index (χ1v) is 12.0. The van der Waals surface area contributed by atoms with Crippen molar-refractivity contribution in [1.29, 1.82) is 0 Å². The number of pyridine rings is 1. The molecule has 0 radical (unpaired) electrons. The molecule has 8 nitrogen and oxygen atoms in total. The van der Waals surface area contributed by atoms with E-state index in [1.165, 1.54) is 4.90 Å². The van der Waals surface area contributed by atoms with Gasteiger partial charge in [0.05, 0.1) is 37.1 Å². The largest absolute Gasteiger partial charge is 0.353 e. The van der Waals surface area contributed by atoms with Crippen LogP contribution in [-0.4, -0.2) is 71.2 Å². The first-order chi connectivity index (χ1) is 16.0. The van der Waals surface area contributed by atoms with Crippen molar-refractivity contribution < 1.29 is 9.69 Å². The third-order valence-corrected chi connectivity index (χ3v) is 6.78. The molecule has 1 aromatic carbocycles. The lowest BCUT2D eigenvalue weighted by atomic mass is 10.1. The number of H-pyrrole nitrogens is 1. The number of benzene rings is 1. The van der Waals surface area contributed by atoms with E-state index >= 15 is 0 Å². The molecule has 1 aliphatic rings. The normalized spacial score (nSPS) is 14.3. The number of aromatic amines is 1. The Labute approximate surface area is 198 Å². The summed E-state index contributed by atoms with van der Waals surface area (Å²) in [6.07, 6.45) is 1.78. The Balaban J connectivity index is 1.50. The number of carbonyl (C=O) groups excluding carboxylic acids is 1. The number of carbonyl (C=O) groups is 1. The average Bonchev–Trinajstić information content (AvgIpc) is 2.86. The van der Waals surface area contributed by atoms with Crippen LogP contribution in [0.25, 0.3) is 10.9 Å². The van der Waals surface area contributed by atoms with Gasteiger partial charge < -0.3 is 19.7 Å². The number of piperazine rings is 1. The summed E-state index contributed by atoms with van der Waals surface area (Å²) in [5.74, 6) is 0.896. The monoisotopic (exact) mass is 467 g/mol. The summed E-state index contributed by atoms with van der Waals surface area (Å²) in [6, 6.07) is 11.1. The van der Waals surface area contributed by atoms with Gasteiger partial charge >= 0.3 is 0 Å². The van der Waals surface area contributed by atoms with E-state index < -0.39 is 0 Å². The van der Waals surface area contributed by atoms with Crippen molar-refractivity contribution in [1.82, 2.24) is 19.4 Å². The van der Waals surface area contributed by atoms with Crippen molar-refractivity contribution in [3.05, 3.63) is 63.3 Å². The zero-order valence-electron chi connectivity index (χ0n) is 19.2. The molecular formula is C24H31N6O2S+. The lowest BCUT2D eigenvalue weighted by Gasteiger charge is -2.35. The van der Waals surface area contributed by atoms with Gasteiger partial charge in [0.1, 0.15) is 5.82 Å². The van der Waals surface area contributed by atoms with Crippen LogP contribution >= 0.6 is 12.2 Å². The van der Waals surface area contributed by atoms with Crippen molar-refractivity contribution >= 4 is 34.8 Å². The van der Waals surface area contributed by atoms with Crippen LogP contribution in [-0.2, 0) is 6.54 Å². The predicted molar refractivity (Wildman–Crippen MR) is 133 cm³/mol. The van der Waals surface area contributed by atoms with Crippen LogP contribution in [0.3, 0.4) is 0 Å². The number of quaternary nitrogens is 1. The van der Waals surface area contributed by atoms with Gasteiger partial charge in [-0.15, -0.1) is 0 Å². The van der Waals surface area contributed by atoms with Crippen LogP contribution in [0.2, 0.25) is 0 Å². The summed E-state index contributed by atoms with van der Waals surface area (Å²) in [4.78, 5) is 39.2. The lowest BCUT2D eigenvalue weighted by Crippen LogP contribution is -3.11. The highest BCUT2D eigenvalue weighted by Gasteiger charge is 2.23. The van der Waals surface area contributed by atoms with Crippen LogP contribution in [0, 0.1) is 4.77 Å². The fourth-order valence-corrected chi connectivity index (χ4v) is 4.61. The number of nitrogens with one attached hydrogen (secondary N) is 2. The molecule has 4 rings (SSSR count). The van der Waals surface area contributed by atoms with Crippen molar-refractivity contribution in [3.63, 3.8) is 0 Å². The van der Waals surface area contributed by atoms with E-state index in [2.05, 4.69) is 28.7 Å². The second kappa shape index (κ2) is 10.3. The van der Waals surface area contributed by atoms with E-state index in [4.69, 9.17) is 12.2 Å². The van der Waals surface area contributed by atoms with Gasteiger partial charge in [-0.1, -0.05) is 6.07 Å². The van der Waals surface area contributed by atoms with Gasteiger partial charge in [-0.05, 0) is 56.4 Å². The molecule has 1 saturated heterocycles. The third-order valence-electron chi connectivity index (χ3n) is 6.46. The molecule has 2 N–H and O–H groups in total. The number of fused-ring (bicyclic) bond motifs is 1. The Morgan fingerprint density at radius 2 is 1.88 bits per heavy atom. The first-order valence-electron chi connectivity index (χ1n) is 11.6. The average molecular weight is 468 g/mol. The Morgan fingerprint density at radius 1 is 1.12 bits per heavy atom. The molecule has 1 aliphatic heterocycles. The van der Waals surface area contributed by atoms with Crippen LogP contribution in [0.5, 0.6) is 0 Å². The van der Waals surface area contributed by atoms with Gasteiger partial charge in [0, 0.05) is 37.9 Å². The van der Waals surface area contributed by atoms with Crippen molar-refractivity contribution in [3.8, 4) is 0 Å². The SMILES string of the molecule is CC[NH+](CC)CCn1c(=S)[nH]c2cc(C(=O)N3CCN(c4ccccn4)CC3)ccc2c1=O. The molecule has 0 unspecified atom stereocenters. The lowest BCUT2D eigenvalue weighted by molar-refractivity contribution is -0.897. The van der Waals surface area contributed by atoms with Gasteiger partial charge in [0.2, 0.25) is 0 Å². The van der Waals surface area contributed by atoms with E-state index in [-0.39, 0.29) is 11.5 Å². The summed E-state index contributed by atoms with van der Waals surface area (Å²) in [5.41, 5.74) is 1.06. The van der Waals surface area contributed by atoms with Crippen molar-refractivity contribution in [2.75, 3.05) is 50.7 Å². The minimum atomic E-state index is -0.108. The topological polar surface area (TPSA) is 78.7 Å². The number of hydrogen-bond donors (Lipinski definition) is 2. The Bertz CT molecular complexity index is 1230. The molecular weight excluding hydrogens is 436 g/mol. The number of aromatic nitrogens is 3. The molecule has 0 saturated carbocycles. The zero-order chi connectivity index (χ0) is 23.4. The summed E-state index contributed by atoms with van der Waals surface area (Å²) in [5, 5.41) is 0.551. The molecule has 0 aliphatic carbocycles. The van der Waals surface area contributed by atoms with E-state index in [9.17, 15) is 9.59 Å². The molecule has 0 bridgehead atoms. The summed E-state index contributed by atoms with van der Waals surface area (Å²) in [6.45, 7) is 10.4. The highest BCUT2D eigenvalue weighted by molar-refractivity contribution is 7.71. The first kappa shape index (κ1) is 23.1. The van der Waals surface area contributed by atoms with Crippen LogP contribution < -0.4 is 15.4 Å². The maximum absolute atomic E-state index is 13.1. The maximum atomic E-state index is 13.1. The molecule has 3 aromatic rings. The zero-order valence-corrected chi connectivity index (χ0v) is 20.0. The number of amides is 1. The van der Waals surface area contributed by atoms with Crippen LogP contribution in [0.4, 0.5) is 5.82 Å². The third kappa shape index (κ3) is 4.99. The van der Waals surface area contributed by atoms with Crippen LogP contribution in [0.15, 0.2) is 47.4 Å². The molecule has 9 heteroatoms. The van der Waals surface area contributed by atoms with Crippen molar-refractivity contribution in [2.45, 2.75) is 20.4 Å². The second-order valence-corrected chi connectivity index (χ2v) is 8.71. The molecule has 3 heterocycles. The molecule has 1 fully saturated rings. The molecule has 0 atom stereocenters. The smallest absolute Gasteiger partial charge is 0.262 e. The van der Waals surface area contributed by atoms with E-state index in [0.29, 0.717) is 40.9 Å². The Kier molecular flexibility index (Phi) is 7.20. The predicted octanol–water partition coefficient (Wildman–Crippen LogP) is 1.34. The standard InChI is InChI=1S/C24H30N6O2S/c1-3-27(4-2)11-16-30-23(32)19-9-8-18(17-20(19)26-24(30)33)22(31)29-14-12-28(13-15-29)21-7-5-6-10-25-21/h5-10,17H,3-4,11-16H2,1-2H3,(H,26,33)/p+1. The molecule has 33 heavy (non-hydrogen) atoms. The van der Waals surface area contributed by atoms with Crippen molar-refractivity contribution in [2.24, 2.45) is 0 Å². The number of anilines is 1. The second-order valence-electron chi connectivity index (χ2n) is 8.32. The molecule has 174 valence electrons. The van der Waals surface area contributed by atoms with Gasteiger partial charge in [-0.3, -0.25) is 14.2 Å². The molecule has 2 aromatic heterocycles. The fourth-order valence-electron chi connectivity index (χ4n) is 4.33. The highest BCUT2D eigenvalue weighted by atomic mass is 32.1. The number of hydrogen-bond acceptors (Lipinski definition) is 5. The molecule has 1 amide bonds. The van der Waals surface area contributed by atoms with E-state index in [0.717, 1.165) is 38.5 Å². The van der Waals surface area contributed by atoms with E-state index in [1.54, 1.807) is 29.0 Å². The number of likely N-dealkylation sites (N-methyl/N-ethyl adjacent to an activating group) is 1. The minimum absolute atomic E-state index is 0.0359. The van der Waals surface area contributed by atoms with E-state index in [1.807, 2.05) is 23.1 Å².